The summed E-state index contributed by atoms with van der Waals surface area (Å²) in [5, 5.41) is 7.76. The van der Waals surface area contributed by atoms with Crippen molar-refractivity contribution < 1.29 is 0 Å². The monoisotopic (exact) mass is 282 g/mol. The van der Waals surface area contributed by atoms with Crippen LogP contribution in [0.25, 0.3) is 0 Å². The molecule has 3 N–H and O–H groups in total. The maximum Gasteiger partial charge on any atom is 0.344 e. The van der Waals surface area contributed by atoms with Gasteiger partial charge in [-0.2, -0.15) is 0 Å². The summed E-state index contributed by atoms with van der Waals surface area (Å²) < 4.78 is 1.69. The van der Waals surface area contributed by atoms with Gasteiger partial charge in [-0.3, -0.25) is 4.57 Å². The lowest BCUT2D eigenvalue weighted by molar-refractivity contribution is 0.642. The molecule has 5 nitrogen and oxygen atoms in total. The SMILES string of the molecule is Nc1ccc(Cl)cc1Sc1n[nH]c(=O)n1C1CC1. The van der Waals surface area contributed by atoms with Crippen molar-refractivity contribution in [3.05, 3.63) is 33.7 Å². The highest BCUT2D eigenvalue weighted by Gasteiger charge is 2.28. The Morgan fingerprint density at radius 1 is 1.50 bits per heavy atom. The Kier molecular flexibility index (Phi) is 2.83. The van der Waals surface area contributed by atoms with Crippen LogP contribution in [-0.2, 0) is 0 Å². The number of anilines is 1. The van der Waals surface area contributed by atoms with Crippen molar-refractivity contribution in [3.63, 3.8) is 0 Å². The van der Waals surface area contributed by atoms with Gasteiger partial charge in [-0.05, 0) is 42.8 Å². The zero-order valence-corrected chi connectivity index (χ0v) is 11.0. The third-order valence-corrected chi connectivity index (χ3v) is 4.04. The first-order valence-corrected chi connectivity index (χ1v) is 6.74. The Morgan fingerprint density at radius 2 is 2.28 bits per heavy atom. The minimum absolute atomic E-state index is 0.166. The highest BCUT2D eigenvalue weighted by atomic mass is 35.5. The van der Waals surface area contributed by atoms with Crippen molar-refractivity contribution in [1.29, 1.82) is 0 Å². The number of nitrogens with one attached hydrogen (secondary N) is 1. The van der Waals surface area contributed by atoms with Crippen LogP contribution >= 0.6 is 23.4 Å². The van der Waals surface area contributed by atoms with E-state index in [-0.39, 0.29) is 11.7 Å². The van der Waals surface area contributed by atoms with E-state index in [9.17, 15) is 4.79 Å². The predicted molar refractivity (Wildman–Crippen MR) is 71.1 cm³/mol. The summed E-state index contributed by atoms with van der Waals surface area (Å²) in [4.78, 5) is 12.4. The Labute approximate surface area is 112 Å². The fraction of sp³-hybridized carbons (Fsp3) is 0.273. The van der Waals surface area contributed by atoms with Gasteiger partial charge in [-0.25, -0.2) is 9.89 Å². The molecule has 1 aromatic carbocycles. The molecule has 1 aromatic heterocycles. The number of nitrogen functional groups attached to an aromatic ring is 1. The lowest BCUT2D eigenvalue weighted by Crippen LogP contribution is -2.16. The van der Waals surface area contributed by atoms with E-state index in [4.69, 9.17) is 17.3 Å². The van der Waals surface area contributed by atoms with Crippen LogP contribution in [0.4, 0.5) is 5.69 Å². The van der Waals surface area contributed by atoms with Gasteiger partial charge >= 0.3 is 5.69 Å². The molecule has 1 saturated carbocycles. The third-order valence-electron chi connectivity index (χ3n) is 2.76. The van der Waals surface area contributed by atoms with E-state index in [0.29, 0.717) is 15.9 Å². The summed E-state index contributed by atoms with van der Waals surface area (Å²) in [5.41, 5.74) is 6.34. The van der Waals surface area contributed by atoms with Gasteiger partial charge in [0.2, 0.25) is 0 Å². The number of aromatic nitrogens is 3. The Hall–Kier alpha value is -1.40. The second kappa shape index (κ2) is 4.37. The summed E-state index contributed by atoms with van der Waals surface area (Å²) >= 11 is 7.29. The van der Waals surface area contributed by atoms with Crippen LogP contribution in [0.15, 0.2) is 33.0 Å². The molecule has 2 aromatic rings. The van der Waals surface area contributed by atoms with Gasteiger partial charge in [0, 0.05) is 21.6 Å². The number of halogens is 1. The van der Waals surface area contributed by atoms with Gasteiger partial charge in [0.25, 0.3) is 0 Å². The first-order chi connectivity index (χ1) is 8.65. The van der Waals surface area contributed by atoms with Gasteiger partial charge < -0.3 is 5.73 Å². The predicted octanol–water partition coefficient (Wildman–Crippen LogP) is 2.29. The normalized spacial score (nSPS) is 14.9. The molecule has 18 heavy (non-hydrogen) atoms. The molecular weight excluding hydrogens is 272 g/mol. The number of nitrogens with zero attached hydrogens (tertiary/aromatic N) is 2. The fourth-order valence-corrected chi connectivity index (χ4v) is 2.94. The van der Waals surface area contributed by atoms with Gasteiger partial charge in [0.05, 0.1) is 0 Å². The van der Waals surface area contributed by atoms with Crippen molar-refractivity contribution in [3.8, 4) is 0 Å². The summed E-state index contributed by atoms with van der Waals surface area (Å²) in [6.07, 6.45) is 2.05. The summed E-state index contributed by atoms with van der Waals surface area (Å²) in [5.74, 6) is 0. The molecule has 1 fully saturated rings. The van der Waals surface area contributed by atoms with Crippen LogP contribution in [0.2, 0.25) is 5.02 Å². The van der Waals surface area contributed by atoms with E-state index in [1.807, 2.05) is 0 Å². The van der Waals surface area contributed by atoms with E-state index in [0.717, 1.165) is 17.7 Å². The molecule has 94 valence electrons. The highest BCUT2D eigenvalue weighted by molar-refractivity contribution is 7.99. The van der Waals surface area contributed by atoms with Crippen LogP contribution in [0.5, 0.6) is 0 Å². The first-order valence-electron chi connectivity index (χ1n) is 5.55. The van der Waals surface area contributed by atoms with E-state index in [1.54, 1.807) is 22.8 Å². The van der Waals surface area contributed by atoms with E-state index >= 15 is 0 Å². The van der Waals surface area contributed by atoms with Crippen LogP contribution in [0, 0.1) is 0 Å². The number of nitrogens with two attached hydrogens (primary N) is 1. The molecule has 7 heteroatoms. The van der Waals surface area contributed by atoms with Crippen LogP contribution in [0.3, 0.4) is 0 Å². The molecule has 0 spiro atoms. The van der Waals surface area contributed by atoms with Crippen molar-refractivity contribution in [1.82, 2.24) is 14.8 Å². The molecule has 0 saturated heterocycles. The lowest BCUT2D eigenvalue weighted by Gasteiger charge is -2.06. The summed E-state index contributed by atoms with van der Waals surface area (Å²) in [7, 11) is 0. The summed E-state index contributed by atoms with van der Waals surface area (Å²) in [6, 6.07) is 5.54. The largest absolute Gasteiger partial charge is 0.398 e. The zero-order chi connectivity index (χ0) is 12.7. The molecule has 0 radical (unpaired) electrons. The van der Waals surface area contributed by atoms with E-state index in [1.165, 1.54) is 11.8 Å². The molecular formula is C11H11ClN4OS. The maximum absolute atomic E-state index is 11.6. The number of hydrogen-bond donors (Lipinski definition) is 2. The number of H-pyrrole nitrogens is 1. The minimum atomic E-state index is -0.166. The highest BCUT2D eigenvalue weighted by Crippen LogP contribution is 2.39. The van der Waals surface area contributed by atoms with Crippen molar-refractivity contribution >= 4 is 29.1 Å². The van der Waals surface area contributed by atoms with Gasteiger partial charge in [-0.1, -0.05) is 11.6 Å². The van der Waals surface area contributed by atoms with E-state index in [2.05, 4.69) is 10.2 Å². The van der Waals surface area contributed by atoms with Crippen LogP contribution in [0.1, 0.15) is 18.9 Å². The standard InChI is InChI=1S/C11H11ClN4OS/c12-6-1-4-8(13)9(5-6)18-11-15-14-10(17)16(11)7-2-3-7/h1,4-5,7H,2-3,13H2,(H,14,17). The molecule has 0 amide bonds. The smallest absolute Gasteiger partial charge is 0.344 e. The molecule has 0 unspecified atom stereocenters. The number of aromatic amines is 1. The second-order valence-corrected chi connectivity index (χ2v) is 5.64. The Morgan fingerprint density at radius 3 is 3.00 bits per heavy atom. The fourth-order valence-electron chi connectivity index (χ4n) is 1.71. The summed E-state index contributed by atoms with van der Waals surface area (Å²) in [6.45, 7) is 0. The lowest BCUT2D eigenvalue weighted by atomic mass is 10.3. The molecule has 3 rings (SSSR count). The molecule has 1 aliphatic rings. The molecule has 0 bridgehead atoms. The van der Waals surface area contributed by atoms with Crippen molar-refractivity contribution in [2.24, 2.45) is 0 Å². The maximum atomic E-state index is 11.6. The number of rotatable bonds is 3. The van der Waals surface area contributed by atoms with Gasteiger partial charge in [-0.15, -0.1) is 5.10 Å². The minimum Gasteiger partial charge on any atom is -0.398 e. The Balaban J connectivity index is 1.97. The topological polar surface area (TPSA) is 76.7 Å². The molecule has 0 atom stereocenters. The second-order valence-electron chi connectivity index (χ2n) is 4.20. The number of hydrogen-bond acceptors (Lipinski definition) is 4. The Bertz CT molecular complexity index is 647. The zero-order valence-electron chi connectivity index (χ0n) is 9.39. The van der Waals surface area contributed by atoms with Crippen LogP contribution in [-0.4, -0.2) is 14.8 Å². The van der Waals surface area contributed by atoms with Crippen LogP contribution < -0.4 is 11.4 Å². The third kappa shape index (κ3) is 2.13. The van der Waals surface area contributed by atoms with Crippen molar-refractivity contribution in [2.75, 3.05) is 5.73 Å². The first kappa shape index (κ1) is 11.7. The number of benzene rings is 1. The quantitative estimate of drug-likeness (QED) is 0.847. The molecule has 1 aliphatic carbocycles. The van der Waals surface area contributed by atoms with E-state index < -0.39 is 0 Å². The average Bonchev–Trinajstić information content (AvgIpc) is 3.10. The molecule has 1 heterocycles. The van der Waals surface area contributed by atoms with Gasteiger partial charge in [0.1, 0.15) is 0 Å². The average molecular weight is 283 g/mol. The molecule has 0 aliphatic heterocycles. The van der Waals surface area contributed by atoms with Crippen molar-refractivity contribution in [2.45, 2.75) is 28.9 Å². The van der Waals surface area contributed by atoms with Gasteiger partial charge in [0.15, 0.2) is 5.16 Å².